The standard InChI is InChI=1S/C12H8Cl3N3O/c13-6-3-8(14)10(16-4-6)12-17-9-1-2-19-5-7(9)11(15)18-12/h3-4H,1-2,5H2. The van der Waals surface area contributed by atoms with Crippen molar-refractivity contribution in [2.24, 2.45) is 0 Å². The molecular weight excluding hydrogens is 309 g/mol. The van der Waals surface area contributed by atoms with E-state index in [9.17, 15) is 0 Å². The smallest absolute Gasteiger partial charge is 0.181 e. The molecule has 0 aromatic carbocycles. The normalized spacial score (nSPS) is 14.3. The third kappa shape index (κ3) is 2.54. The zero-order chi connectivity index (χ0) is 13.4. The molecule has 7 heteroatoms. The van der Waals surface area contributed by atoms with Gasteiger partial charge in [0.25, 0.3) is 0 Å². The summed E-state index contributed by atoms with van der Waals surface area (Å²) in [5.41, 5.74) is 2.19. The van der Waals surface area contributed by atoms with Gasteiger partial charge in [-0.25, -0.2) is 15.0 Å². The van der Waals surface area contributed by atoms with Crippen LogP contribution in [-0.4, -0.2) is 21.6 Å². The molecule has 19 heavy (non-hydrogen) atoms. The minimum absolute atomic E-state index is 0.382. The summed E-state index contributed by atoms with van der Waals surface area (Å²) in [4.78, 5) is 12.9. The van der Waals surface area contributed by atoms with Gasteiger partial charge in [-0.15, -0.1) is 0 Å². The molecule has 4 nitrogen and oxygen atoms in total. The zero-order valence-corrected chi connectivity index (χ0v) is 11.9. The largest absolute Gasteiger partial charge is 0.376 e. The van der Waals surface area contributed by atoms with Crippen LogP contribution in [0.5, 0.6) is 0 Å². The summed E-state index contributed by atoms with van der Waals surface area (Å²) in [5, 5.41) is 1.24. The number of halogens is 3. The van der Waals surface area contributed by atoms with E-state index in [-0.39, 0.29) is 0 Å². The van der Waals surface area contributed by atoms with E-state index in [4.69, 9.17) is 39.5 Å². The average molecular weight is 317 g/mol. The predicted octanol–water partition coefficient (Wildman–Crippen LogP) is 3.57. The molecule has 0 radical (unpaired) electrons. The number of aromatic nitrogens is 3. The summed E-state index contributed by atoms with van der Waals surface area (Å²) >= 11 is 18.1. The number of hydrogen-bond donors (Lipinski definition) is 0. The van der Waals surface area contributed by atoms with E-state index in [0.29, 0.717) is 46.4 Å². The van der Waals surface area contributed by atoms with Crippen molar-refractivity contribution in [3.8, 4) is 11.5 Å². The van der Waals surface area contributed by atoms with Crippen LogP contribution < -0.4 is 0 Å². The van der Waals surface area contributed by atoms with Gasteiger partial charge in [-0.3, -0.25) is 0 Å². The lowest BCUT2D eigenvalue weighted by atomic mass is 10.1. The predicted molar refractivity (Wildman–Crippen MR) is 73.7 cm³/mol. The first-order valence-corrected chi connectivity index (χ1v) is 6.73. The van der Waals surface area contributed by atoms with E-state index in [1.165, 1.54) is 6.20 Å². The molecule has 0 N–H and O–H groups in total. The van der Waals surface area contributed by atoms with Crippen molar-refractivity contribution in [1.82, 2.24) is 15.0 Å². The maximum atomic E-state index is 6.15. The van der Waals surface area contributed by atoms with Gasteiger partial charge >= 0.3 is 0 Å². The molecule has 0 saturated carbocycles. The molecule has 0 unspecified atom stereocenters. The quantitative estimate of drug-likeness (QED) is 0.755. The molecule has 0 saturated heterocycles. The molecule has 0 spiro atoms. The van der Waals surface area contributed by atoms with Crippen molar-refractivity contribution in [3.63, 3.8) is 0 Å². The van der Waals surface area contributed by atoms with Gasteiger partial charge in [-0.1, -0.05) is 34.8 Å². The number of nitrogens with zero attached hydrogens (tertiary/aromatic N) is 3. The first-order valence-electron chi connectivity index (χ1n) is 5.59. The average Bonchev–Trinajstić information content (AvgIpc) is 2.38. The Hall–Kier alpha value is -0.940. The lowest BCUT2D eigenvalue weighted by Gasteiger charge is -2.17. The SMILES string of the molecule is Clc1cnc(-c2nc(Cl)c3c(n2)CCOC3)c(Cl)c1. The molecule has 1 aliphatic heterocycles. The van der Waals surface area contributed by atoms with E-state index >= 15 is 0 Å². The lowest BCUT2D eigenvalue weighted by Crippen LogP contribution is -2.14. The second-order valence-corrected chi connectivity index (χ2v) is 5.25. The van der Waals surface area contributed by atoms with Gasteiger partial charge in [0.05, 0.1) is 29.0 Å². The molecule has 0 atom stereocenters. The molecule has 1 aliphatic rings. The highest BCUT2D eigenvalue weighted by atomic mass is 35.5. The molecule has 98 valence electrons. The van der Waals surface area contributed by atoms with Gasteiger partial charge in [0.1, 0.15) is 10.8 Å². The van der Waals surface area contributed by atoms with E-state index < -0.39 is 0 Å². The number of pyridine rings is 1. The van der Waals surface area contributed by atoms with Crippen LogP contribution in [0.1, 0.15) is 11.3 Å². The highest BCUT2D eigenvalue weighted by Gasteiger charge is 2.19. The topological polar surface area (TPSA) is 47.9 Å². The molecule has 0 aliphatic carbocycles. The summed E-state index contributed by atoms with van der Waals surface area (Å²) in [6.45, 7) is 1.07. The Kier molecular flexibility index (Phi) is 3.58. The Bertz CT molecular complexity index is 648. The first-order chi connectivity index (χ1) is 9.15. The fourth-order valence-corrected chi connectivity index (χ4v) is 2.59. The summed E-state index contributed by atoms with van der Waals surface area (Å²) in [5.74, 6) is 0.410. The number of rotatable bonds is 1. The third-order valence-electron chi connectivity index (χ3n) is 2.79. The van der Waals surface area contributed by atoms with Crippen LogP contribution in [0.4, 0.5) is 0 Å². The highest BCUT2D eigenvalue weighted by molar-refractivity contribution is 6.36. The van der Waals surface area contributed by atoms with E-state index in [1.807, 2.05) is 0 Å². The van der Waals surface area contributed by atoms with Crippen molar-refractivity contribution in [1.29, 1.82) is 0 Å². The molecule has 2 aromatic heterocycles. The Balaban J connectivity index is 2.13. The summed E-state index contributed by atoms with van der Waals surface area (Å²) in [7, 11) is 0. The highest BCUT2D eigenvalue weighted by Crippen LogP contribution is 2.29. The molecule has 0 fully saturated rings. The fraction of sp³-hybridized carbons (Fsp3) is 0.250. The number of fused-ring (bicyclic) bond motifs is 1. The van der Waals surface area contributed by atoms with Gasteiger partial charge in [-0.2, -0.15) is 0 Å². The monoisotopic (exact) mass is 315 g/mol. The minimum Gasteiger partial charge on any atom is -0.376 e. The van der Waals surface area contributed by atoms with Crippen molar-refractivity contribution >= 4 is 34.8 Å². The molecule has 0 amide bonds. The summed E-state index contributed by atoms with van der Waals surface area (Å²) in [6, 6.07) is 1.60. The van der Waals surface area contributed by atoms with Gasteiger partial charge in [0.2, 0.25) is 0 Å². The van der Waals surface area contributed by atoms with Crippen molar-refractivity contribution in [3.05, 3.63) is 38.7 Å². The Labute approximate surface area is 124 Å². The Morgan fingerprint density at radius 2 is 2.00 bits per heavy atom. The number of ether oxygens (including phenoxy) is 1. The van der Waals surface area contributed by atoms with Crippen LogP contribution in [0.25, 0.3) is 11.5 Å². The minimum atomic E-state index is 0.382. The van der Waals surface area contributed by atoms with E-state index in [2.05, 4.69) is 15.0 Å². The Morgan fingerprint density at radius 1 is 1.16 bits per heavy atom. The second kappa shape index (κ2) is 5.21. The maximum absolute atomic E-state index is 6.15. The third-order valence-corrected chi connectivity index (χ3v) is 3.60. The van der Waals surface area contributed by atoms with Gasteiger partial charge in [0, 0.05) is 18.2 Å². The van der Waals surface area contributed by atoms with Crippen LogP contribution in [-0.2, 0) is 17.8 Å². The lowest BCUT2D eigenvalue weighted by molar-refractivity contribution is 0.109. The van der Waals surface area contributed by atoms with Crippen LogP contribution in [0.15, 0.2) is 12.3 Å². The fourth-order valence-electron chi connectivity index (χ4n) is 1.88. The molecule has 0 bridgehead atoms. The van der Waals surface area contributed by atoms with Gasteiger partial charge < -0.3 is 4.74 Å². The van der Waals surface area contributed by atoms with Crippen molar-refractivity contribution in [2.45, 2.75) is 13.0 Å². The van der Waals surface area contributed by atoms with Gasteiger partial charge in [0.15, 0.2) is 5.82 Å². The molecular formula is C12H8Cl3N3O. The molecule has 3 heterocycles. The van der Waals surface area contributed by atoms with Crippen LogP contribution >= 0.6 is 34.8 Å². The first kappa shape index (κ1) is 13.1. The summed E-state index contributed by atoms with van der Waals surface area (Å²) in [6.07, 6.45) is 2.21. The summed E-state index contributed by atoms with van der Waals surface area (Å²) < 4.78 is 5.34. The van der Waals surface area contributed by atoms with Gasteiger partial charge in [-0.05, 0) is 6.07 Å². The Morgan fingerprint density at radius 3 is 2.79 bits per heavy atom. The zero-order valence-electron chi connectivity index (χ0n) is 9.66. The van der Waals surface area contributed by atoms with Crippen LogP contribution in [0, 0.1) is 0 Å². The van der Waals surface area contributed by atoms with Crippen LogP contribution in [0.3, 0.4) is 0 Å². The van der Waals surface area contributed by atoms with E-state index in [1.54, 1.807) is 6.07 Å². The van der Waals surface area contributed by atoms with Crippen molar-refractivity contribution in [2.75, 3.05) is 6.61 Å². The maximum Gasteiger partial charge on any atom is 0.181 e. The van der Waals surface area contributed by atoms with E-state index in [0.717, 1.165) is 11.3 Å². The molecule has 2 aromatic rings. The van der Waals surface area contributed by atoms with Crippen LogP contribution in [0.2, 0.25) is 15.2 Å². The van der Waals surface area contributed by atoms with Crippen molar-refractivity contribution < 1.29 is 4.74 Å². The second-order valence-electron chi connectivity index (χ2n) is 4.05. The number of hydrogen-bond acceptors (Lipinski definition) is 4. The molecule has 3 rings (SSSR count).